The van der Waals surface area contributed by atoms with Crippen LogP contribution in [0, 0.1) is 0 Å². The summed E-state index contributed by atoms with van der Waals surface area (Å²) in [7, 11) is 0. The van der Waals surface area contributed by atoms with Gasteiger partial charge in [-0.1, -0.05) is 15.9 Å². The molecule has 0 fully saturated rings. The Balaban J connectivity index is 2.88. The fourth-order valence-corrected chi connectivity index (χ4v) is 1.70. The SMILES string of the molecule is Clc1nc2ccc(Br)cc2n1Cl. The minimum atomic E-state index is 0.282. The molecular formula is C7H3BrCl2N2. The normalized spacial score (nSPS) is 10.9. The molecule has 0 radical (unpaired) electrons. The molecule has 0 aliphatic carbocycles. The van der Waals surface area contributed by atoms with Gasteiger partial charge in [0.1, 0.15) is 0 Å². The maximum absolute atomic E-state index is 5.81. The van der Waals surface area contributed by atoms with Gasteiger partial charge in [-0.15, -0.1) is 0 Å². The van der Waals surface area contributed by atoms with Crippen molar-refractivity contribution in [2.24, 2.45) is 0 Å². The molecule has 0 saturated carbocycles. The third-order valence-electron chi connectivity index (χ3n) is 1.52. The highest BCUT2D eigenvalue weighted by Gasteiger charge is 2.06. The lowest BCUT2D eigenvalue weighted by Gasteiger charge is -1.92. The van der Waals surface area contributed by atoms with E-state index >= 15 is 0 Å². The molecular weight excluding hydrogens is 263 g/mol. The second-order valence-electron chi connectivity index (χ2n) is 2.29. The summed E-state index contributed by atoms with van der Waals surface area (Å²) in [6.45, 7) is 0. The number of hydrogen-bond acceptors (Lipinski definition) is 1. The van der Waals surface area contributed by atoms with Gasteiger partial charge in [0.2, 0.25) is 5.28 Å². The molecule has 1 aromatic carbocycles. The van der Waals surface area contributed by atoms with E-state index in [9.17, 15) is 0 Å². The molecule has 12 heavy (non-hydrogen) atoms. The van der Waals surface area contributed by atoms with Crippen LogP contribution in [0.4, 0.5) is 0 Å². The third kappa shape index (κ3) is 1.22. The highest BCUT2D eigenvalue weighted by molar-refractivity contribution is 9.10. The zero-order valence-electron chi connectivity index (χ0n) is 5.76. The van der Waals surface area contributed by atoms with Gasteiger partial charge in [0.25, 0.3) is 0 Å². The molecule has 0 aliphatic rings. The summed E-state index contributed by atoms with van der Waals surface area (Å²) < 4.78 is 2.27. The number of halogens is 3. The van der Waals surface area contributed by atoms with Gasteiger partial charge in [-0.05, 0) is 29.8 Å². The molecule has 0 saturated heterocycles. The molecule has 1 heterocycles. The Bertz CT molecular complexity index is 438. The monoisotopic (exact) mass is 264 g/mol. The van der Waals surface area contributed by atoms with E-state index in [1.807, 2.05) is 18.2 Å². The molecule has 5 heteroatoms. The van der Waals surface area contributed by atoms with Crippen molar-refractivity contribution in [1.29, 1.82) is 0 Å². The molecule has 2 aromatic rings. The quantitative estimate of drug-likeness (QED) is 0.714. The Kier molecular flexibility index (Phi) is 2.02. The lowest BCUT2D eigenvalue weighted by Crippen LogP contribution is -1.77. The summed E-state index contributed by atoms with van der Waals surface area (Å²) in [4.78, 5) is 4.03. The minimum Gasteiger partial charge on any atom is -0.224 e. The zero-order chi connectivity index (χ0) is 8.72. The number of imidazole rings is 1. The van der Waals surface area contributed by atoms with Crippen molar-refractivity contribution in [2.45, 2.75) is 0 Å². The van der Waals surface area contributed by atoms with Crippen LogP contribution in [0.5, 0.6) is 0 Å². The molecule has 0 aliphatic heterocycles. The highest BCUT2D eigenvalue weighted by atomic mass is 79.9. The summed E-state index contributed by atoms with van der Waals surface area (Å²) in [6.07, 6.45) is 0. The standard InChI is InChI=1S/C7H3BrCl2N2/c8-4-1-2-5-6(3-4)12(10)7(9)11-5/h1-3H. The number of aromatic nitrogens is 2. The van der Waals surface area contributed by atoms with E-state index < -0.39 is 0 Å². The predicted molar refractivity (Wildman–Crippen MR) is 53.7 cm³/mol. The van der Waals surface area contributed by atoms with Gasteiger partial charge < -0.3 is 0 Å². The Labute approximate surface area is 87.3 Å². The van der Waals surface area contributed by atoms with Crippen LogP contribution in [0.3, 0.4) is 0 Å². The van der Waals surface area contributed by atoms with Gasteiger partial charge in [0.05, 0.1) is 11.0 Å². The molecule has 2 nitrogen and oxygen atoms in total. The maximum Gasteiger partial charge on any atom is 0.218 e. The maximum atomic E-state index is 5.81. The van der Waals surface area contributed by atoms with Gasteiger partial charge in [0.15, 0.2) is 0 Å². The number of hydrogen-bond donors (Lipinski definition) is 0. The minimum absolute atomic E-state index is 0.282. The summed E-state index contributed by atoms with van der Waals surface area (Å²) >= 11 is 14.9. The first kappa shape index (κ1) is 8.35. The smallest absolute Gasteiger partial charge is 0.218 e. The van der Waals surface area contributed by atoms with E-state index in [1.54, 1.807) is 0 Å². The van der Waals surface area contributed by atoms with Crippen LogP contribution < -0.4 is 0 Å². The van der Waals surface area contributed by atoms with Gasteiger partial charge in [-0.25, -0.2) is 9.07 Å². The Morgan fingerprint density at radius 1 is 1.42 bits per heavy atom. The van der Waals surface area contributed by atoms with Crippen molar-refractivity contribution < 1.29 is 0 Å². The average molecular weight is 266 g/mol. The van der Waals surface area contributed by atoms with Crippen LogP contribution in [0.15, 0.2) is 22.7 Å². The molecule has 0 spiro atoms. The Morgan fingerprint density at radius 3 is 2.92 bits per heavy atom. The fourth-order valence-electron chi connectivity index (χ4n) is 0.991. The first-order valence-corrected chi connectivity index (χ1v) is 4.69. The van der Waals surface area contributed by atoms with E-state index in [4.69, 9.17) is 23.4 Å². The van der Waals surface area contributed by atoms with Crippen molar-refractivity contribution in [2.75, 3.05) is 0 Å². The number of nitrogens with zero attached hydrogens (tertiary/aromatic N) is 2. The molecule has 0 N–H and O–H groups in total. The summed E-state index contributed by atoms with van der Waals surface area (Å²) in [5.41, 5.74) is 1.59. The first-order chi connectivity index (χ1) is 5.68. The number of benzene rings is 1. The van der Waals surface area contributed by atoms with E-state index in [0.717, 1.165) is 15.5 Å². The summed E-state index contributed by atoms with van der Waals surface area (Å²) in [5.74, 6) is 0. The fraction of sp³-hybridized carbons (Fsp3) is 0. The third-order valence-corrected chi connectivity index (χ3v) is 2.70. The van der Waals surface area contributed by atoms with Gasteiger partial charge in [-0.2, -0.15) is 0 Å². The van der Waals surface area contributed by atoms with Crippen molar-refractivity contribution in [3.05, 3.63) is 28.0 Å². The van der Waals surface area contributed by atoms with E-state index in [2.05, 4.69) is 20.9 Å². The number of fused-ring (bicyclic) bond motifs is 1. The first-order valence-electron chi connectivity index (χ1n) is 3.18. The van der Waals surface area contributed by atoms with Crippen LogP contribution in [0.1, 0.15) is 0 Å². The van der Waals surface area contributed by atoms with Crippen molar-refractivity contribution in [1.82, 2.24) is 9.07 Å². The van der Waals surface area contributed by atoms with Crippen molar-refractivity contribution >= 4 is 50.3 Å². The average Bonchev–Trinajstić information content (AvgIpc) is 2.31. The molecule has 0 amide bonds. The summed E-state index contributed by atoms with van der Waals surface area (Å²) in [6, 6.07) is 5.61. The summed E-state index contributed by atoms with van der Waals surface area (Å²) in [5, 5.41) is 0.282. The molecule has 0 bridgehead atoms. The van der Waals surface area contributed by atoms with Gasteiger partial charge >= 0.3 is 0 Å². The van der Waals surface area contributed by atoms with Gasteiger partial charge in [-0.3, -0.25) is 0 Å². The Morgan fingerprint density at radius 2 is 2.17 bits per heavy atom. The highest BCUT2D eigenvalue weighted by Crippen LogP contribution is 2.23. The molecule has 0 unspecified atom stereocenters. The molecule has 2 rings (SSSR count). The largest absolute Gasteiger partial charge is 0.224 e. The second kappa shape index (κ2) is 2.91. The second-order valence-corrected chi connectivity index (χ2v) is 3.89. The lowest BCUT2D eigenvalue weighted by atomic mass is 10.3. The van der Waals surface area contributed by atoms with Crippen LogP contribution in [0.25, 0.3) is 11.0 Å². The van der Waals surface area contributed by atoms with Crippen LogP contribution in [0.2, 0.25) is 5.28 Å². The van der Waals surface area contributed by atoms with Gasteiger partial charge in [0, 0.05) is 16.2 Å². The van der Waals surface area contributed by atoms with Crippen LogP contribution in [-0.4, -0.2) is 9.07 Å². The van der Waals surface area contributed by atoms with Crippen molar-refractivity contribution in [3.8, 4) is 0 Å². The van der Waals surface area contributed by atoms with Crippen molar-refractivity contribution in [3.63, 3.8) is 0 Å². The number of rotatable bonds is 0. The van der Waals surface area contributed by atoms with E-state index in [1.165, 1.54) is 4.09 Å². The predicted octanol–water partition coefficient (Wildman–Crippen LogP) is 3.45. The van der Waals surface area contributed by atoms with Crippen LogP contribution in [-0.2, 0) is 0 Å². The lowest BCUT2D eigenvalue weighted by molar-refractivity contribution is 1.25. The molecule has 1 aromatic heterocycles. The van der Waals surface area contributed by atoms with E-state index in [-0.39, 0.29) is 5.28 Å². The molecule has 62 valence electrons. The Hall–Kier alpha value is -0.250. The topological polar surface area (TPSA) is 17.8 Å². The zero-order valence-corrected chi connectivity index (χ0v) is 8.86. The van der Waals surface area contributed by atoms with E-state index in [0.29, 0.717) is 0 Å². The van der Waals surface area contributed by atoms with Crippen LogP contribution >= 0.6 is 39.3 Å². The molecule has 0 atom stereocenters.